The van der Waals surface area contributed by atoms with Gasteiger partial charge < -0.3 is 0 Å². The number of likely N-dealkylation sites (tertiary alicyclic amines) is 1. The standard InChI is InChI=1S/C10H17N3/c1-3-13-7-4-5-10(13)9-6-8-12(2)11-9/h6,8,10H,3-5,7H2,1-2H3. The van der Waals surface area contributed by atoms with Gasteiger partial charge in [-0.05, 0) is 32.0 Å². The molecule has 0 amide bonds. The lowest BCUT2D eigenvalue weighted by atomic mass is 10.1. The highest BCUT2D eigenvalue weighted by Crippen LogP contribution is 2.29. The van der Waals surface area contributed by atoms with Crippen LogP contribution < -0.4 is 0 Å². The van der Waals surface area contributed by atoms with Gasteiger partial charge in [0.1, 0.15) is 0 Å². The van der Waals surface area contributed by atoms with E-state index < -0.39 is 0 Å². The molecular formula is C10H17N3. The Hall–Kier alpha value is -0.830. The average molecular weight is 179 g/mol. The summed E-state index contributed by atoms with van der Waals surface area (Å²) in [6.45, 7) is 4.60. The van der Waals surface area contributed by atoms with Crippen molar-refractivity contribution in [2.45, 2.75) is 25.8 Å². The number of rotatable bonds is 2. The highest BCUT2D eigenvalue weighted by Gasteiger charge is 2.25. The number of hydrogen-bond acceptors (Lipinski definition) is 2. The van der Waals surface area contributed by atoms with Gasteiger partial charge in [0.25, 0.3) is 0 Å². The summed E-state index contributed by atoms with van der Waals surface area (Å²) in [7, 11) is 1.98. The van der Waals surface area contributed by atoms with Crippen LogP contribution in [0.2, 0.25) is 0 Å². The molecule has 72 valence electrons. The molecule has 0 spiro atoms. The molecule has 1 fully saturated rings. The number of aromatic nitrogens is 2. The fourth-order valence-electron chi connectivity index (χ4n) is 2.15. The fraction of sp³-hybridized carbons (Fsp3) is 0.700. The van der Waals surface area contributed by atoms with Gasteiger partial charge in [-0.25, -0.2) is 0 Å². The third kappa shape index (κ3) is 1.61. The summed E-state index contributed by atoms with van der Waals surface area (Å²) in [5.74, 6) is 0. The van der Waals surface area contributed by atoms with Crippen LogP contribution in [0.5, 0.6) is 0 Å². The smallest absolute Gasteiger partial charge is 0.0796 e. The Labute approximate surface area is 79.3 Å². The molecule has 1 aliphatic rings. The van der Waals surface area contributed by atoms with E-state index in [-0.39, 0.29) is 0 Å². The van der Waals surface area contributed by atoms with Crippen molar-refractivity contribution in [2.75, 3.05) is 13.1 Å². The Balaban J connectivity index is 2.15. The van der Waals surface area contributed by atoms with E-state index in [9.17, 15) is 0 Å². The maximum atomic E-state index is 4.47. The van der Waals surface area contributed by atoms with Crippen LogP contribution in [0.1, 0.15) is 31.5 Å². The van der Waals surface area contributed by atoms with E-state index in [1.54, 1.807) is 0 Å². The second kappa shape index (κ2) is 3.50. The van der Waals surface area contributed by atoms with E-state index in [0.717, 1.165) is 6.54 Å². The van der Waals surface area contributed by atoms with Crippen molar-refractivity contribution in [3.8, 4) is 0 Å². The first-order chi connectivity index (χ1) is 6.31. The van der Waals surface area contributed by atoms with E-state index in [2.05, 4.69) is 23.0 Å². The molecule has 3 nitrogen and oxygen atoms in total. The molecule has 2 heterocycles. The molecule has 0 bridgehead atoms. The molecule has 0 aliphatic carbocycles. The van der Waals surface area contributed by atoms with Gasteiger partial charge in [0.05, 0.1) is 11.7 Å². The van der Waals surface area contributed by atoms with Gasteiger partial charge in [-0.2, -0.15) is 5.10 Å². The maximum Gasteiger partial charge on any atom is 0.0796 e. The number of hydrogen-bond donors (Lipinski definition) is 0. The molecule has 1 aromatic rings. The lowest BCUT2D eigenvalue weighted by molar-refractivity contribution is 0.266. The lowest BCUT2D eigenvalue weighted by Crippen LogP contribution is -2.23. The SMILES string of the molecule is CCN1CCCC1c1ccn(C)n1. The molecule has 0 saturated carbocycles. The largest absolute Gasteiger partial charge is 0.295 e. The Morgan fingerprint density at radius 3 is 3.08 bits per heavy atom. The van der Waals surface area contributed by atoms with Crippen molar-refractivity contribution in [1.82, 2.24) is 14.7 Å². The first kappa shape index (κ1) is 8.75. The van der Waals surface area contributed by atoms with Gasteiger partial charge in [-0.1, -0.05) is 6.92 Å². The van der Waals surface area contributed by atoms with E-state index >= 15 is 0 Å². The van der Waals surface area contributed by atoms with Crippen LogP contribution in [0.25, 0.3) is 0 Å². The van der Waals surface area contributed by atoms with Gasteiger partial charge in [0.2, 0.25) is 0 Å². The molecule has 0 radical (unpaired) electrons. The molecule has 1 aliphatic heterocycles. The third-order valence-electron chi connectivity index (χ3n) is 2.85. The van der Waals surface area contributed by atoms with Crippen LogP contribution in [-0.4, -0.2) is 27.8 Å². The van der Waals surface area contributed by atoms with Crippen LogP contribution in [0.4, 0.5) is 0 Å². The summed E-state index contributed by atoms with van der Waals surface area (Å²) >= 11 is 0. The summed E-state index contributed by atoms with van der Waals surface area (Å²) in [5.41, 5.74) is 1.24. The van der Waals surface area contributed by atoms with Gasteiger partial charge in [-0.15, -0.1) is 0 Å². The first-order valence-corrected chi connectivity index (χ1v) is 5.05. The van der Waals surface area contributed by atoms with Crippen molar-refractivity contribution in [3.05, 3.63) is 18.0 Å². The first-order valence-electron chi connectivity index (χ1n) is 5.05. The predicted octanol–water partition coefficient (Wildman–Crippen LogP) is 1.58. The number of aryl methyl sites for hydroxylation is 1. The van der Waals surface area contributed by atoms with Crippen LogP contribution in [0.15, 0.2) is 12.3 Å². The van der Waals surface area contributed by atoms with Crippen molar-refractivity contribution in [1.29, 1.82) is 0 Å². The summed E-state index contributed by atoms with van der Waals surface area (Å²) in [6, 6.07) is 2.71. The second-order valence-electron chi connectivity index (χ2n) is 3.70. The molecule has 1 atom stereocenters. The van der Waals surface area contributed by atoms with Crippen molar-refractivity contribution < 1.29 is 0 Å². The van der Waals surface area contributed by atoms with Crippen molar-refractivity contribution in [2.24, 2.45) is 7.05 Å². The van der Waals surface area contributed by atoms with E-state index in [4.69, 9.17) is 0 Å². The summed E-state index contributed by atoms with van der Waals surface area (Å²) in [5, 5.41) is 4.47. The molecule has 0 aromatic carbocycles. The van der Waals surface area contributed by atoms with Crippen LogP contribution in [-0.2, 0) is 7.05 Å². The van der Waals surface area contributed by atoms with Gasteiger partial charge in [0, 0.05) is 13.2 Å². The van der Waals surface area contributed by atoms with Gasteiger partial charge in [-0.3, -0.25) is 9.58 Å². The molecule has 13 heavy (non-hydrogen) atoms. The zero-order chi connectivity index (χ0) is 9.26. The van der Waals surface area contributed by atoms with E-state index in [0.29, 0.717) is 6.04 Å². The Morgan fingerprint density at radius 2 is 2.46 bits per heavy atom. The highest BCUT2D eigenvalue weighted by molar-refractivity contribution is 5.07. The quantitative estimate of drug-likeness (QED) is 0.687. The third-order valence-corrected chi connectivity index (χ3v) is 2.85. The normalized spacial score (nSPS) is 24.0. The molecule has 3 heteroatoms. The Bertz CT molecular complexity index is 279. The zero-order valence-corrected chi connectivity index (χ0v) is 8.40. The summed E-state index contributed by atoms with van der Waals surface area (Å²) in [6.07, 6.45) is 4.61. The van der Waals surface area contributed by atoms with Crippen molar-refractivity contribution >= 4 is 0 Å². The monoisotopic (exact) mass is 179 g/mol. The maximum absolute atomic E-state index is 4.47. The topological polar surface area (TPSA) is 21.1 Å². The summed E-state index contributed by atoms with van der Waals surface area (Å²) in [4.78, 5) is 2.50. The van der Waals surface area contributed by atoms with Crippen molar-refractivity contribution in [3.63, 3.8) is 0 Å². The highest BCUT2D eigenvalue weighted by atomic mass is 15.3. The predicted molar refractivity (Wildman–Crippen MR) is 52.4 cm³/mol. The van der Waals surface area contributed by atoms with Gasteiger partial charge in [0.15, 0.2) is 0 Å². The molecule has 0 N–H and O–H groups in total. The van der Waals surface area contributed by atoms with Crippen LogP contribution in [0.3, 0.4) is 0 Å². The van der Waals surface area contributed by atoms with E-state index in [1.165, 1.54) is 25.1 Å². The Kier molecular flexibility index (Phi) is 2.36. The molecule has 1 aromatic heterocycles. The molecule has 1 unspecified atom stereocenters. The zero-order valence-electron chi connectivity index (χ0n) is 8.40. The number of nitrogens with zero attached hydrogens (tertiary/aromatic N) is 3. The minimum atomic E-state index is 0.575. The average Bonchev–Trinajstić information content (AvgIpc) is 2.71. The van der Waals surface area contributed by atoms with Gasteiger partial charge >= 0.3 is 0 Å². The fourth-order valence-corrected chi connectivity index (χ4v) is 2.15. The summed E-state index contributed by atoms with van der Waals surface area (Å²) < 4.78 is 1.89. The second-order valence-corrected chi connectivity index (χ2v) is 3.70. The Morgan fingerprint density at radius 1 is 1.62 bits per heavy atom. The molecule has 1 saturated heterocycles. The van der Waals surface area contributed by atoms with E-state index in [1.807, 2.05) is 17.9 Å². The molecular weight excluding hydrogens is 162 g/mol. The minimum absolute atomic E-state index is 0.575. The van der Waals surface area contributed by atoms with Crippen LogP contribution in [0, 0.1) is 0 Å². The minimum Gasteiger partial charge on any atom is -0.295 e. The van der Waals surface area contributed by atoms with Crippen LogP contribution >= 0.6 is 0 Å². The molecule has 2 rings (SSSR count). The lowest BCUT2D eigenvalue weighted by Gasteiger charge is -2.20.